The molecule has 2 bridgehead atoms. The van der Waals surface area contributed by atoms with Crippen molar-refractivity contribution in [2.24, 2.45) is 16.7 Å². The molecular weight excluding hydrogens is 703 g/mol. The number of carbonyl (C=O) groups is 1. The summed E-state index contributed by atoms with van der Waals surface area (Å²) in [5.74, 6) is -12.4. The number of aliphatic hydroxyl groups excluding tert-OH is 1. The summed E-state index contributed by atoms with van der Waals surface area (Å²) < 4.78 is 82.7. The second kappa shape index (κ2) is 14.8. The van der Waals surface area contributed by atoms with Crippen LogP contribution in [0.25, 0.3) is 11.1 Å². The van der Waals surface area contributed by atoms with Crippen LogP contribution in [0.3, 0.4) is 0 Å². The van der Waals surface area contributed by atoms with Crippen LogP contribution in [0.15, 0.2) is 72.8 Å². The summed E-state index contributed by atoms with van der Waals surface area (Å²) in [6.45, 7) is 10.9. The average molecular weight is 749 g/mol. The maximum absolute atomic E-state index is 14.2. The van der Waals surface area contributed by atoms with E-state index in [0.29, 0.717) is 17.0 Å². The molecule has 3 aliphatic rings. The van der Waals surface area contributed by atoms with E-state index >= 15 is 0 Å². The minimum Gasteiger partial charge on any atom is -0.392 e. The number of amides is 1. The van der Waals surface area contributed by atoms with Crippen LogP contribution < -0.4 is 5.32 Å². The number of hydrogen-bond donors (Lipinski definition) is 2. The van der Waals surface area contributed by atoms with E-state index in [2.05, 4.69) is 37.9 Å². The van der Waals surface area contributed by atoms with Crippen molar-refractivity contribution in [1.82, 2.24) is 10.2 Å². The van der Waals surface area contributed by atoms with Gasteiger partial charge in [-0.25, -0.2) is 22.0 Å². The van der Waals surface area contributed by atoms with Crippen molar-refractivity contribution < 1.29 is 41.3 Å². The number of carbonyl (C=O) groups excluding carboxylic acids is 1. The molecule has 0 aromatic heterocycles. The number of fused-ring (bicyclic) bond motifs is 2. The number of aliphatic hydroxyl groups is 1. The summed E-state index contributed by atoms with van der Waals surface area (Å²) in [7, 11) is 0. The molecule has 4 aromatic rings. The Morgan fingerprint density at radius 2 is 1.46 bits per heavy atom. The standard InChI is InChI=1S/C43H45F5N2O4/c1-24-32(20-50-23-43(4)18-31(50)17-42(2,3)22-43)53-41(54-39(24)28-10-8-25(21-51)9-11-28)29-14-12-27(13-15-29)30-7-5-6-26(16-30)19-49-40(52)33-34(44)36(46)38(48)37(47)35(33)45/h5-16,24,31-32,39,41,51H,17-23H2,1-4H3,(H,49,52). The van der Waals surface area contributed by atoms with Crippen LogP contribution in [0.2, 0.25) is 0 Å². The molecule has 2 heterocycles. The van der Waals surface area contributed by atoms with E-state index in [0.717, 1.165) is 47.3 Å². The lowest BCUT2D eigenvalue weighted by atomic mass is 9.65. The number of nitrogens with zero attached hydrogens (tertiary/aromatic N) is 1. The fraction of sp³-hybridized carbons (Fsp3) is 0.419. The highest BCUT2D eigenvalue weighted by Gasteiger charge is 2.51. The van der Waals surface area contributed by atoms with E-state index in [1.54, 1.807) is 18.2 Å². The predicted molar refractivity (Wildman–Crippen MR) is 193 cm³/mol. The number of rotatable bonds is 9. The molecule has 1 amide bonds. The molecule has 7 rings (SSSR count). The van der Waals surface area contributed by atoms with Gasteiger partial charge >= 0.3 is 0 Å². The fourth-order valence-electron chi connectivity index (χ4n) is 9.12. The SMILES string of the molecule is CC1C(CN2CC3(C)CC2CC(C)(C)C3)OC(c2ccc(-c3cccc(CNC(=O)c4c(F)c(F)c(F)c(F)c4F)c3)cc2)OC1c1ccc(CO)cc1. The molecule has 6 atom stereocenters. The van der Waals surface area contributed by atoms with Gasteiger partial charge in [-0.05, 0) is 64.0 Å². The van der Waals surface area contributed by atoms with Crippen molar-refractivity contribution in [3.05, 3.63) is 130 Å². The Labute approximate surface area is 312 Å². The number of hydrogen-bond acceptors (Lipinski definition) is 5. The number of likely N-dealkylation sites (tertiary alicyclic amines) is 1. The molecule has 6 unspecified atom stereocenters. The second-order valence-corrected chi connectivity index (χ2v) is 16.4. The number of nitrogens with one attached hydrogen (secondary N) is 1. The summed E-state index contributed by atoms with van der Waals surface area (Å²) >= 11 is 0. The first-order chi connectivity index (χ1) is 25.6. The number of ether oxygens (including phenoxy) is 2. The molecule has 6 nitrogen and oxygen atoms in total. The molecule has 3 fully saturated rings. The van der Waals surface area contributed by atoms with Crippen LogP contribution in [0, 0.1) is 45.8 Å². The quantitative estimate of drug-likeness (QED) is 0.102. The maximum Gasteiger partial charge on any atom is 0.257 e. The lowest BCUT2D eigenvalue weighted by Gasteiger charge is -2.43. The van der Waals surface area contributed by atoms with Crippen molar-refractivity contribution in [1.29, 1.82) is 0 Å². The molecule has 2 aliphatic heterocycles. The highest BCUT2D eigenvalue weighted by molar-refractivity contribution is 5.94. The van der Waals surface area contributed by atoms with E-state index < -0.39 is 46.8 Å². The zero-order chi connectivity index (χ0) is 38.5. The second-order valence-electron chi connectivity index (χ2n) is 16.4. The Balaban J connectivity index is 1.08. The van der Waals surface area contributed by atoms with Crippen molar-refractivity contribution >= 4 is 5.91 Å². The van der Waals surface area contributed by atoms with Crippen molar-refractivity contribution in [2.75, 3.05) is 13.1 Å². The van der Waals surface area contributed by atoms with E-state index in [-0.39, 0.29) is 36.7 Å². The van der Waals surface area contributed by atoms with Gasteiger partial charge in [0, 0.05) is 37.2 Å². The average Bonchev–Trinajstić information content (AvgIpc) is 3.40. The Bertz CT molecular complexity index is 1990. The highest BCUT2D eigenvalue weighted by Crippen LogP contribution is 2.53. The molecule has 0 radical (unpaired) electrons. The Hall–Kier alpha value is -4.16. The van der Waals surface area contributed by atoms with E-state index in [1.807, 2.05) is 54.6 Å². The van der Waals surface area contributed by atoms with E-state index in [9.17, 15) is 31.9 Å². The fourth-order valence-corrected chi connectivity index (χ4v) is 9.12. The lowest BCUT2D eigenvalue weighted by Crippen LogP contribution is -2.46. The van der Waals surface area contributed by atoms with E-state index in [1.165, 1.54) is 12.8 Å². The Morgan fingerprint density at radius 3 is 2.13 bits per heavy atom. The first-order valence-corrected chi connectivity index (χ1v) is 18.4. The van der Waals surface area contributed by atoms with Gasteiger partial charge < -0.3 is 19.9 Å². The van der Waals surface area contributed by atoms with Gasteiger partial charge in [-0.1, -0.05) is 94.4 Å². The minimum atomic E-state index is -2.33. The van der Waals surface area contributed by atoms with Crippen molar-refractivity contribution in [3.63, 3.8) is 0 Å². The number of halogens is 5. The van der Waals surface area contributed by atoms with Gasteiger partial charge in [0.1, 0.15) is 5.56 Å². The van der Waals surface area contributed by atoms with Gasteiger partial charge in [0.25, 0.3) is 5.91 Å². The van der Waals surface area contributed by atoms with Gasteiger partial charge in [-0.15, -0.1) is 0 Å². The third-order valence-electron chi connectivity index (χ3n) is 11.4. The normalized spacial score (nSPS) is 26.5. The summed E-state index contributed by atoms with van der Waals surface area (Å²) in [5, 5.41) is 11.9. The van der Waals surface area contributed by atoms with Gasteiger partial charge in [-0.2, -0.15) is 0 Å². The summed E-state index contributed by atoms with van der Waals surface area (Å²) in [4.78, 5) is 15.1. The van der Waals surface area contributed by atoms with Crippen LogP contribution in [0.5, 0.6) is 0 Å². The van der Waals surface area contributed by atoms with Crippen molar-refractivity contribution in [2.45, 2.75) is 84.6 Å². The molecule has 286 valence electrons. The molecule has 54 heavy (non-hydrogen) atoms. The molecule has 1 aliphatic carbocycles. The van der Waals surface area contributed by atoms with Crippen molar-refractivity contribution in [3.8, 4) is 11.1 Å². The molecule has 2 N–H and O–H groups in total. The molecule has 1 saturated carbocycles. The van der Waals surface area contributed by atoms with E-state index in [4.69, 9.17) is 9.47 Å². The van der Waals surface area contributed by atoms with Crippen LogP contribution in [0.1, 0.15) is 92.0 Å². The first kappa shape index (κ1) is 38.1. The zero-order valence-electron chi connectivity index (χ0n) is 30.8. The van der Waals surface area contributed by atoms with Gasteiger partial charge in [-0.3, -0.25) is 9.69 Å². The molecule has 4 aromatic carbocycles. The van der Waals surface area contributed by atoms with Gasteiger partial charge in [0.05, 0.1) is 18.8 Å². The number of benzene rings is 4. The van der Waals surface area contributed by atoms with Crippen LogP contribution in [-0.4, -0.2) is 41.1 Å². The third-order valence-corrected chi connectivity index (χ3v) is 11.4. The maximum atomic E-state index is 14.2. The van der Waals surface area contributed by atoms with Crippen LogP contribution in [0.4, 0.5) is 22.0 Å². The molecule has 11 heteroatoms. The summed E-state index contributed by atoms with van der Waals surface area (Å²) in [6, 6.07) is 23.2. The largest absolute Gasteiger partial charge is 0.392 e. The minimum absolute atomic E-state index is 0.0382. The molecule has 0 spiro atoms. The summed E-state index contributed by atoms with van der Waals surface area (Å²) in [6.07, 6.45) is 2.59. The molecule has 2 saturated heterocycles. The Kier molecular flexibility index (Phi) is 10.5. The summed E-state index contributed by atoms with van der Waals surface area (Å²) in [5.41, 5.74) is 3.90. The smallest absolute Gasteiger partial charge is 0.257 e. The van der Waals surface area contributed by atoms with Crippen LogP contribution in [-0.2, 0) is 22.6 Å². The van der Waals surface area contributed by atoms with Gasteiger partial charge in [0.2, 0.25) is 5.82 Å². The lowest BCUT2D eigenvalue weighted by molar-refractivity contribution is -0.276. The predicted octanol–water partition coefficient (Wildman–Crippen LogP) is 9.16. The topological polar surface area (TPSA) is 71.0 Å². The molecular formula is C43H45F5N2O4. The third kappa shape index (κ3) is 7.56. The van der Waals surface area contributed by atoms with Crippen LogP contribution >= 0.6 is 0 Å². The Morgan fingerprint density at radius 1 is 0.815 bits per heavy atom. The van der Waals surface area contributed by atoms with Gasteiger partial charge in [0.15, 0.2) is 29.6 Å². The zero-order valence-corrected chi connectivity index (χ0v) is 30.8. The highest BCUT2D eigenvalue weighted by atomic mass is 19.2. The monoisotopic (exact) mass is 748 g/mol. The first-order valence-electron chi connectivity index (χ1n) is 18.4.